The van der Waals surface area contributed by atoms with Gasteiger partial charge in [0, 0.05) is 12.2 Å². The number of rotatable bonds is 6. The topological polar surface area (TPSA) is 57.4 Å². The van der Waals surface area contributed by atoms with Crippen LogP contribution < -0.4 is 0 Å². The Hall–Kier alpha value is -2.57. The van der Waals surface area contributed by atoms with E-state index >= 15 is 0 Å². The Balaban J connectivity index is 1.47. The van der Waals surface area contributed by atoms with E-state index in [1.807, 2.05) is 50.2 Å². The second-order valence-electron chi connectivity index (χ2n) is 7.39. The van der Waals surface area contributed by atoms with Crippen molar-refractivity contribution >= 4 is 0 Å². The molecule has 5 nitrogen and oxygen atoms in total. The quantitative estimate of drug-likeness (QED) is 0.540. The molecule has 1 aliphatic rings. The van der Waals surface area contributed by atoms with Gasteiger partial charge in [0.1, 0.15) is 11.9 Å². The average Bonchev–Trinajstić information content (AvgIpc) is 3.25. The van der Waals surface area contributed by atoms with Crippen LogP contribution in [-0.2, 0) is 9.47 Å². The summed E-state index contributed by atoms with van der Waals surface area (Å²) in [7, 11) is 0. The Kier molecular flexibility index (Phi) is 6.02. The molecule has 1 aliphatic heterocycles. The Labute approximate surface area is 169 Å². The third-order valence-corrected chi connectivity index (χ3v) is 5.26. The summed E-state index contributed by atoms with van der Waals surface area (Å²) in [6.07, 6.45) is 2.48. The van der Waals surface area contributed by atoms with Crippen molar-refractivity contribution in [2.45, 2.75) is 51.4 Å². The number of hydrogen-bond acceptors (Lipinski definition) is 5. The summed E-state index contributed by atoms with van der Waals surface area (Å²) in [6, 6.07) is 14.7. The highest BCUT2D eigenvalue weighted by Crippen LogP contribution is 2.30. The van der Waals surface area contributed by atoms with Gasteiger partial charge in [0.15, 0.2) is 12.1 Å². The molecule has 0 N–H and O–H groups in total. The molecule has 3 unspecified atom stereocenters. The molecule has 29 heavy (non-hydrogen) atoms. The van der Waals surface area contributed by atoms with Crippen molar-refractivity contribution in [3.63, 3.8) is 0 Å². The second-order valence-corrected chi connectivity index (χ2v) is 7.39. The molecule has 152 valence electrons. The molecule has 0 bridgehead atoms. The molecule has 1 saturated heterocycles. The summed E-state index contributed by atoms with van der Waals surface area (Å²) in [6.45, 7) is 4.52. The molecule has 4 rings (SSSR count). The summed E-state index contributed by atoms with van der Waals surface area (Å²) in [5, 5.41) is 4.06. The molecular formula is C23H25FN2O3. The predicted octanol–water partition coefficient (Wildman–Crippen LogP) is 5.63. The maximum atomic E-state index is 14.7. The maximum Gasteiger partial charge on any atom is 0.234 e. The lowest BCUT2D eigenvalue weighted by molar-refractivity contribution is -0.187. The molecule has 0 saturated carbocycles. The fourth-order valence-electron chi connectivity index (χ4n) is 3.49. The molecule has 0 spiro atoms. The summed E-state index contributed by atoms with van der Waals surface area (Å²) >= 11 is 0. The SMILES string of the molecule is CC(OC1CCCCO1)c1noc(C(C)c2ccc(-c3ccccc3)c(F)c2)n1. The van der Waals surface area contributed by atoms with E-state index in [2.05, 4.69) is 10.1 Å². The second kappa shape index (κ2) is 8.84. The first-order valence-corrected chi connectivity index (χ1v) is 10.1. The Morgan fingerprint density at radius 1 is 1.10 bits per heavy atom. The summed E-state index contributed by atoms with van der Waals surface area (Å²) in [4.78, 5) is 4.48. The number of hydrogen-bond donors (Lipinski definition) is 0. The zero-order valence-corrected chi connectivity index (χ0v) is 16.7. The molecule has 6 heteroatoms. The van der Waals surface area contributed by atoms with E-state index in [0.29, 0.717) is 17.3 Å². The molecule has 1 aromatic heterocycles. The van der Waals surface area contributed by atoms with E-state index < -0.39 is 0 Å². The third kappa shape index (κ3) is 4.54. The highest BCUT2D eigenvalue weighted by Gasteiger charge is 2.24. The lowest BCUT2D eigenvalue weighted by Crippen LogP contribution is -2.24. The van der Waals surface area contributed by atoms with E-state index in [1.165, 1.54) is 6.07 Å². The van der Waals surface area contributed by atoms with E-state index in [4.69, 9.17) is 14.0 Å². The predicted molar refractivity (Wildman–Crippen MR) is 107 cm³/mol. The van der Waals surface area contributed by atoms with Crippen LogP contribution in [0, 0.1) is 5.82 Å². The average molecular weight is 396 g/mol. The van der Waals surface area contributed by atoms with E-state index in [1.54, 1.807) is 6.07 Å². The minimum Gasteiger partial charge on any atom is -0.353 e. The van der Waals surface area contributed by atoms with Gasteiger partial charge in [-0.2, -0.15) is 4.98 Å². The molecule has 0 amide bonds. The number of nitrogens with zero attached hydrogens (tertiary/aromatic N) is 2. The van der Waals surface area contributed by atoms with Gasteiger partial charge in [-0.15, -0.1) is 0 Å². The Morgan fingerprint density at radius 3 is 2.66 bits per heavy atom. The Morgan fingerprint density at radius 2 is 1.93 bits per heavy atom. The number of benzene rings is 2. The standard InChI is InChI=1S/C23H25FN2O3/c1-15(18-11-12-19(20(24)14-18)17-8-4-3-5-9-17)23-25-22(26-29-23)16(2)28-21-10-6-7-13-27-21/h3-5,8-9,11-12,14-16,21H,6-7,10,13H2,1-2H3. The zero-order valence-electron chi connectivity index (χ0n) is 16.7. The number of halogens is 1. The lowest BCUT2D eigenvalue weighted by Gasteiger charge is -2.24. The van der Waals surface area contributed by atoms with Gasteiger partial charge >= 0.3 is 0 Å². The number of aromatic nitrogens is 2. The van der Waals surface area contributed by atoms with Crippen LogP contribution in [-0.4, -0.2) is 23.0 Å². The van der Waals surface area contributed by atoms with Gasteiger partial charge in [0.2, 0.25) is 5.89 Å². The minimum atomic E-state index is -0.333. The van der Waals surface area contributed by atoms with Crippen molar-refractivity contribution in [2.75, 3.05) is 6.61 Å². The lowest BCUT2D eigenvalue weighted by atomic mass is 9.97. The minimum absolute atomic E-state index is 0.224. The van der Waals surface area contributed by atoms with E-state index in [0.717, 1.165) is 37.0 Å². The fraction of sp³-hybridized carbons (Fsp3) is 0.391. The molecule has 3 atom stereocenters. The van der Waals surface area contributed by atoms with Gasteiger partial charge in [-0.05, 0) is 50.3 Å². The van der Waals surface area contributed by atoms with Gasteiger partial charge in [-0.25, -0.2) is 4.39 Å². The smallest absolute Gasteiger partial charge is 0.234 e. The van der Waals surface area contributed by atoms with Crippen molar-refractivity contribution < 1.29 is 18.4 Å². The summed E-state index contributed by atoms with van der Waals surface area (Å²) in [5.74, 6) is 0.411. The van der Waals surface area contributed by atoms with Crippen LogP contribution in [0.5, 0.6) is 0 Å². The van der Waals surface area contributed by atoms with Crippen LogP contribution in [0.4, 0.5) is 4.39 Å². The molecule has 2 heterocycles. The third-order valence-electron chi connectivity index (χ3n) is 5.26. The first-order chi connectivity index (χ1) is 14.1. The molecule has 1 fully saturated rings. The van der Waals surface area contributed by atoms with Gasteiger partial charge in [-0.3, -0.25) is 0 Å². The zero-order chi connectivity index (χ0) is 20.2. The largest absolute Gasteiger partial charge is 0.353 e. The van der Waals surface area contributed by atoms with Crippen LogP contribution in [0.25, 0.3) is 11.1 Å². The Bertz CT molecular complexity index is 938. The van der Waals surface area contributed by atoms with E-state index in [9.17, 15) is 4.39 Å². The van der Waals surface area contributed by atoms with Crippen molar-refractivity contribution in [3.8, 4) is 11.1 Å². The highest BCUT2D eigenvalue weighted by molar-refractivity contribution is 5.64. The maximum absolute atomic E-state index is 14.7. The first-order valence-electron chi connectivity index (χ1n) is 10.1. The molecular weight excluding hydrogens is 371 g/mol. The molecule has 0 radical (unpaired) electrons. The van der Waals surface area contributed by atoms with Crippen LogP contribution in [0.15, 0.2) is 53.1 Å². The summed E-state index contributed by atoms with van der Waals surface area (Å²) in [5.41, 5.74) is 2.20. The molecule has 3 aromatic rings. The van der Waals surface area contributed by atoms with Crippen molar-refractivity contribution in [1.82, 2.24) is 10.1 Å². The van der Waals surface area contributed by atoms with Gasteiger partial charge in [0.25, 0.3) is 0 Å². The first kappa shape index (κ1) is 19.7. The fourth-order valence-corrected chi connectivity index (χ4v) is 3.49. The monoisotopic (exact) mass is 396 g/mol. The van der Waals surface area contributed by atoms with Crippen molar-refractivity contribution in [1.29, 1.82) is 0 Å². The van der Waals surface area contributed by atoms with Crippen LogP contribution in [0.1, 0.15) is 62.4 Å². The number of ether oxygens (including phenoxy) is 2. The van der Waals surface area contributed by atoms with Crippen LogP contribution in [0.3, 0.4) is 0 Å². The van der Waals surface area contributed by atoms with Crippen molar-refractivity contribution in [2.24, 2.45) is 0 Å². The van der Waals surface area contributed by atoms with Gasteiger partial charge in [-0.1, -0.05) is 47.6 Å². The van der Waals surface area contributed by atoms with Gasteiger partial charge in [0.05, 0.1) is 5.92 Å². The van der Waals surface area contributed by atoms with Gasteiger partial charge < -0.3 is 14.0 Å². The van der Waals surface area contributed by atoms with Crippen LogP contribution in [0.2, 0.25) is 0 Å². The summed E-state index contributed by atoms with van der Waals surface area (Å²) < 4.78 is 31.6. The van der Waals surface area contributed by atoms with Crippen LogP contribution >= 0.6 is 0 Å². The van der Waals surface area contributed by atoms with E-state index in [-0.39, 0.29) is 24.1 Å². The molecule has 0 aliphatic carbocycles. The van der Waals surface area contributed by atoms with Crippen molar-refractivity contribution in [3.05, 3.63) is 71.6 Å². The highest BCUT2D eigenvalue weighted by atomic mass is 19.1. The molecule has 2 aromatic carbocycles. The normalized spacial score (nSPS) is 19.1.